The molecule has 3 amide bonds. The lowest BCUT2D eigenvalue weighted by Crippen LogP contribution is -2.56. The Morgan fingerprint density at radius 2 is 2.03 bits per heavy atom. The van der Waals surface area contributed by atoms with Gasteiger partial charge in [0.05, 0.1) is 6.61 Å². The smallest absolute Gasteiger partial charge is 0.410 e. The number of nitrogens with zero attached hydrogens (tertiary/aromatic N) is 2. The van der Waals surface area contributed by atoms with Crippen molar-refractivity contribution in [3.8, 4) is 0 Å². The second-order valence-corrected chi connectivity index (χ2v) is 8.61. The zero-order valence-electron chi connectivity index (χ0n) is 17.8. The van der Waals surface area contributed by atoms with Gasteiger partial charge in [0.1, 0.15) is 6.04 Å². The summed E-state index contributed by atoms with van der Waals surface area (Å²) < 4.78 is 5.22. The summed E-state index contributed by atoms with van der Waals surface area (Å²) in [5.74, 6) is -0.838. The number of ether oxygens (including phenoxy) is 1. The molecule has 1 saturated carbocycles. The molecular formula is C23H29N3O5. The van der Waals surface area contributed by atoms with Crippen LogP contribution in [0.25, 0.3) is 5.57 Å². The van der Waals surface area contributed by atoms with Crippen LogP contribution in [0, 0.1) is 11.3 Å². The second-order valence-electron chi connectivity index (χ2n) is 8.61. The van der Waals surface area contributed by atoms with E-state index in [2.05, 4.69) is 18.2 Å². The molecule has 31 heavy (non-hydrogen) atoms. The van der Waals surface area contributed by atoms with Gasteiger partial charge in [0.2, 0.25) is 11.8 Å². The first kappa shape index (κ1) is 21.4. The van der Waals surface area contributed by atoms with Crippen molar-refractivity contribution in [1.82, 2.24) is 15.3 Å². The number of hydrogen-bond acceptors (Lipinski definition) is 5. The Hall–Kier alpha value is -2.87. The zero-order chi connectivity index (χ0) is 22.0. The van der Waals surface area contributed by atoms with Crippen molar-refractivity contribution in [1.29, 1.82) is 0 Å². The summed E-state index contributed by atoms with van der Waals surface area (Å²) in [5.41, 5.74) is 3.74. The molecule has 3 unspecified atom stereocenters. The molecular weight excluding hydrogens is 398 g/mol. The second kappa shape index (κ2) is 8.70. The highest BCUT2D eigenvalue weighted by atomic mass is 16.6. The van der Waals surface area contributed by atoms with Crippen LogP contribution in [0.1, 0.15) is 38.2 Å². The van der Waals surface area contributed by atoms with E-state index in [9.17, 15) is 14.4 Å². The fraction of sp³-hybridized carbons (Fsp3) is 0.522. The molecule has 0 bridgehead atoms. The molecule has 1 aromatic carbocycles. The van der Waals surface area contributed by atoms with E-state index in [1.165, 1.54) is 16.0 Å². The molecule has 1 aromatic rings. The maximum atomic E-state index is 13.3. The van der Waals surface area contributed by atoms with Crippen molar-refractivity contribution in [2.45, 2.75) is 38.6 Å². The number of rotatable bonds is 4. The van der Waals surface area contributed by atoms with Crippen molar-refractivity contribution in [3.63, 3.8) is 0 Å². The molecule has 0 aromatic heterocycles. The highest BCUT2D eigenvalue weighted by molar-refractivity contribution is 5.87. The molecule has 4 rings (SSSR count). The van der Waals surface area contributed by atoms with Gasteiger partial charge >= 0.3 is 6.09 Å². The third kappa shape index (κ3) is 4.17. The minimum Gasteiger partial charge on any atom is -0.450 e. The maximum absolute atomic E-state index is 13.3. The van der Waals surface area contributed by atoms with Crippen molar-refractivity contribution in [3.05, 3.63) is 42.0 Å². The van der Waals surface area contributed by atoms with Gasteiger partial charge in [-0.15, -0.1) is 0 Å². The monoisotopic (exact) mass is 427 g/mol. The molecule has 1 spiro atoms. The van der Waals surface area contributed by atoms with Gasteiger partial charge < -0.3 is 9.64 Å². The highest BCUT2D eigenvalue weighted by Gasteiger charge is 2.62. The summed E-state index contributed by atoms with van der Waals surface area (Å²) in [6, 6.07) is 9.55. The Kier molecular flexibility index (Phi) is 6.00. The van der Waals surface area contributed by atoms with Gasteiger partial charge in [-0.25, -0.2) is 10.3 Å². The molecule has 3 aliphatic rings. The van der Waals surface area contributed by atoms with Gasteiger partial charge in [0.15, 0.2) is 0 Å². The average molecular weight is 428 g/mol. The predicted octanol–water partition coefficient (Wildman–Crippen LogP) is 2.43. The first-order valence-corrected chi connectivity index (χ1v) is 10.9. The Bertz CT molecular complexity index is 886. The molecule has 2 fully saturated rings. The molecule has 166 valence electrons. The van der Waals surface area contributed by atoms with Crippen LogP contribution in [-0.4, -0.2) is 65.2 Å². The van der Waals surface area contributed by atoms with E-state index in [4.69, 9.17) is 9.94 Å². The van der Waals surface area contributed by atoms with Gasteiger partial charge in [-0.2, -0.15) is 0 Å². The number of carbonyl (C=O) groups is 3. The topological polar surface area (TPSA) is 99.2 Å². The van der Waals surface area contributed by atoms with Crippen LogP contribution in [0.3, 0.4) is 0 Å². The maximum Gasteiger partial charge on any atom is 0.410 e. The van der Waals surface area contributed by atoms with E-state index in [0.29, 0.717) is 38.9 Å². The molecule has 2 N–H and O–H groups in total. The number of amides is 3. The van der Waals surface area contributed by atoms with Crippen LogP contribution in [0.2, 0.25) is 0 Å². The summed E-state index contributed by atoms with van der Waals surface area (Å²) in [7, 11) is 0. The number of likely N-dealkylation sites (tertiary alicyclic amines) is 1. The Balaban J connectivity index is 1.46. The van der Waals surface area contributed by atoms with Crippen molar-refractivity contribution in [2.24, 2.45) is 11.3 Å². The first-order valence-electron chi connectivity index (χ1n) is 10.9. The fourth-order valence-electron chi connectivity index (χ4n) is 5.01. The van der Waals surface area contributed by atoms with Crippen LogP contribution >= 0.6 is 0 Å². The first-order chi connectivity index (χ1) is 15.0. The van der Waals surface area contributed by atoms with Gasteiger partial charge in [0, 0.05) is 31.0 Å². The van der Waals surface area contributed by atoms with Crippen LogP contribution in [0.15, 0.2) is 36.4 Å². The van der Waals surface area contributed by atoms with E-state index < -0.39 is 18.0 Å². The quantitative estimate of drug-likeness (QED) is 0.568. The summed E-state index contributed by atoms with van der Waals surface area (Å²) in [4.78, 5) is 41.2. The molecule has 2 aliphatic heterocycles. The van der Waals surface area contributed by atoms with E-state index in [1.54, 1.807) is 17.3 Å². The number of piperidine rings is 1. The van der Waals surface area contributed by atoms with Crippen LogP contribution in [0.4, 0.5) is 4.79 Å². The Morgan fingerprint density at radius 1 is 1.26 bits per heavy atom. The molecule has 0 radical (unpaired) electrons. The molecule has 8 heteroatoms. The van der Waals surface area contributed by atoms with Crippen LogP contribution < -0.4 is 5.48 Å². The highest BCUT2D eigenvalue weighted by Crippen LogP contribution is 2.58. The summed E-state index contributed by atoms with van der Waals surface area (Å²) in [6.07, 6.45) is 4.08. The number of hydroxylamine groups is 1. The van der Waals surface area contributed by atoms with Gasteiger partial charge in [-0.1, -0.05) is 36.4 Å². The summed E-state index contributed by atoms with van der Waals surface area (Å²) in [5, 5.41) is 8.96. The van der Waals surface area contributed by atoms with E-state index in [1.807, 2.05) is 18.2 Å². The minimum absolute atomic E-state index is 0.0740. The lowest BCUT2D eigenvalue weighted by atomic mass is 9.87. The van der Waals surface area contributed by atoms with Crippen molar-refractivity contribution >= 4 is 23.5 Å². The third-order valence-corrected chi connectivity index (χ3v) is 6.85. The minimum atomic E-state index is -0.588. The lowest BCUT2D eigenvalue weighted by molar-refractivity contribution is -0.138. The fourth-order valence-corrected chi connectivity index (χ4v) is 5.01. The lowest BCUT2D eigenvalue weighted by Gasteiger charge is -2.41. The number of hydrogen-bond donors (Lipinski definition) is 2. The Morgan fingerprint density at radius 3 is 2.68 bits per heavy atom. The third-order valence-electron chi connectivity index (χ3n) is 6.85. The van der Waals surface area contributed by atoms with E-state index >= 15 is 0 Å². The van der Waals surface area contributed by atoms with E-state index in [-0.39, 0.29) is 23.8 Å². The molecule has 1 aliphatic carbocycles. The van der Waals surface area contributed by atoms with Gasteiger partial charge in [0.25, 0.3) is 0 Å². The SMILES string of the molecule is CCOC(=O)N1CC2(CCC1C(=O)N1CC=C(c3ccccc3)CC1)CC2C(=O)NO. The predicted molar refractivity (Wildman–Crippen MR) is 113 cm³/mol. The van der Waals surface area contributed by atoms with Crippen LogP contribution in [-0.2, 0) is 14.3 Å². The van der Waals surface area contributed by atoms with Crippen molar-refractivity contribution < 1.29 is 24.3 Å². The normalized spacial score (nSPS) is 27.5. The molecule has 3 atom stereocenters. The van der Waals surface area contributed by atoms with Crippen LogP contribution in [0.5, 0.6) is 0 Å². The number of nitrogens with one attached hydrogen (secondary N) is 1. The Labute approximate surface area is 181 Å². The van der Waals surface area contributed by atoms with Crippen molar-refractivity contribution in [2.75, 3.05) is 26.2 Å². The molecule has 8 nitrogen and oxygen atoms in total. The largest absolute Gasteiger partial charge is 0.450 e. The average Bonchev–Trinajstić information content (AvgIpc) is 3.51. The van der Waals surface area contributed by atoms with E-state index in [0.717, 1.165) is 6.42 Å². The number of carbonyl (C=O) groups excluding carboxylic acids is 3. The van der Waals surface area contributed by atoms with Gasteiger partial charge in [-0.3, -0.25) is 19.7 Å². The zero-order valence-corrected chi connectivity index (χ0v) is 17.8. The number of benzene rings is 1. The van der Waals surface area contributed by atoms with Gasteiger partial charge in [-0.05, 0) is 43.7 Å². The standard InChI is InChI=1S/C23H29N3O5/c1-2-31-22(29)26-15-23(14-18(23)20(27)24-30)11-8-19(26)21(28)25-12-9-17(10-13-25)16-6-4-3-5-7-16/h3-7,9,18-19,30H,2,8,10-15H2,1H3,(H,24,27). The molecule has 1 saturated heterocycles. The summed E-state index contributed by atoms with van der Waals surface area (Å²) in [6.45, 7) is 3.36. The summed E-state index contributed by atoms with van der Waals surface area (Å²) >= 11 is 0. The molecule has 2 heterocycles.